The van der Waals surface area contributed by atoms with E-state index in [2.05, 4.69) is 44.8 Å². The van der Waals surface area contributed by atoms with Crippen LogP contribution in [0.15, 0.2) is 0 Å². The second-order valence-corrected chi connectivity index (χ2v) is 7.95. The lowest BCUT2D eigenvalue weighted by Crippen LogP contribution is -2.63. The minimum absolute atomic E-state index is 0.241. The average Bonchev–Trinajstić information content (AvgIpc) is 2.36. The van der Waals surface area contributed by atoms with Crippen LogP contribution in [0.2, 0.25) is 0 Å². The molecule has 0 aromatic heterocycles. The molecule has 2 saturated carbocycles. The maximum Gasteiger partial charge on any atom is 0.0332 e. The molecule has 0 radical (unpaired) electrons. The molecule has 3 atom stereocenters. The van der Waals surface area contributed by atoms with Crippen LogP contribution in [-0.2, 0) is 0 Å². The average molecular weight is 281 g/mol. The molecule has 0 bridgehead atoms. The first-order valence-corrected chi connectivity index (χ1v) is 8.44. The van der Waals surface area contributed by atoms with Gasteiger partial charge in [0.25, 0.3) is 0 Å². The summed E-state index contributed by atoms with van der Waals surface area (Å²) in [5.74, 6) is 1.65. The highest BCUT2D eigenvalue weighted by atomic mass is 15.3. The van der Waals surface area contributed by atoms with Gasteiger partial charge in [0, 0.05) is 24.2 Å². The number of rotatable bonds is 5. The Bertz CT molecular complexity index is 324. The lowest BCUT2D eigenvalue weighted by atomic mass is 9.69. The topological polar surface area (TPSA) is 32.5 Å². The Balaban J connectivity index is 2.07. The summed E-state index contributed by atoms with van der Waals surface area (Å²) in [7, 11) is 6.81. The van der Waals surface area contributed by atoms with Gasteiger partial charge in [0.1, 0.15) is 0 Å². The Hall–Kier alpha value is -0.120. The fourth-order valence-corrected chi connectivity index (χ4v) is 4.31. The molecule has 118 valence electrons. The van der Waals surface area contributed by atoms with Crippen molar-refractivity contribution in [3.63, 3.8) is 0 Å². The van der Waals surface area contributed by atoms with Crippen LogP contribution in [0.5, 0.6) is 0 Å². The summed E-state index contributed by atoms with van der Waals surface area (Å²) in [5, 5.41) is 0. The van der Waals surface area contributed by atoms with E-state index in [0.29, 0.717) is 5.54 Å². The summed E-state index contributed by atoms with van der Waals surface area (Å²) < 4.78 is 0. The highest BCUT2D eigenvalue weighted by Crippen LogP contribution is 2.42. The van der Waals surface area contributed by atoms with Crippen LogP contribution < -0.4 is 5.73 Å². The van der Waals surface area contributed by atoms with Crippen LogP contribution in [-0.4, -0.2) is 55.1 Å². The Morgan fingerprint density at radius 2 is 1.65 bits per heavy atom. The molecular formula is C17H35N3. The predicted octanol–water partition coefficient (Wildman–Crippen LogP) is 2.56. The highest BCUT2D eigenvalue weighted by molar-refractivity contribution is 5.03. The van der Waals surface area contributed by atoms with Gasteiger partial charge in [-0.15, -0.1) is 0 Å². The molecule has 0 aromatic rings. The van der Waals surface area contributed by atoms with E-state index in [1.54, 1.807) is 0 Å². The van der Waals surface area contributed by atoms with Gasteiger partial charge in [-0.1, -0.05) is 13.8 Å². The van der Waals surface area contributed by atoms with Crippen LogP contribution >= 0.6 is 0 Å². The van der Waals surface area contributed by atoms with Gasteiger partial charge in [-0.3, -0.25) is 4.90 Å². The molecule has 2 aliphatic rings. The van der Waals surface area contributed by atoms with Gasteiger partial charge in [-0.25, -0.2) is 0 Å². The van der Waals surface area contributed by atoms with Gasteiger partial charge in [0.2, 0.25) is 0 Å². The van der Waals surface area contributed by atoms with E-state index >= 15 is 0 Å². The zero-order chi connectivity index (χ0) is 15.0. The fraction of sp³-hybridized carbons (Fsp3) is 1.00. The monoisotopic (exact) mass is 281 g/mol. The first-order chi connectivity index (χ1) is 9.35. The first-order valence-electron chi connectivity index (χ1n) is 8.44. The minimum atomic E-state index is 0.241. The minimum Gasteiger partial charge on any atom is -0.329 e. The lowest BCUT2D eigenvalue weighted by molar-refractivity contribution is -0.0314. The summed E-state index contributed by atoms with van der Waals surface area (Å²) >= 11 is 0. The Morgan fingerprint density at radius 3 is 2.05 bits per heavy atom. The van der Waals surface area contributed by atoms with Gasteiger partial charge in [-0.05, 0) is 71.5 Å². The Labute approximate surface area is 125 Å². The van der Waals surface area contributed by atoms with Crippen molar-refractivity contribution >= 4 is 0 Å². The van der Waals surface area contributed by atoms with Crippen LogP contribution in [0.1, 0.15) is 52.4 Å². The van der Waals surface area contributed by atoms with Crippen molar-refractivity contribution in [2.45, 2.75) is 63.5 Å². The molecule has 0 saturated heterocycles. The van der Waals surface area contributed by atoms with Gasteiger partial charge in [0.05, 0.1) is 0 Å². The van der Waals surface area contributed by atoms with Crippen LogP contribution in [0, 0.1) is 11.8 Å². The van der Waals surface area contributed by atoms with E-state index in [1.165, 1.54) is 45.1 Å². The maximum absolute atomic E-state index is 6.25. The molecule has 0 heterocycles. The first kappa shape index (κ1) is 16.3. The predicted molar refractivity (Wildman–Crippen MR) is 86.9 cm³/mol. The molecule has 2 N–H and O–H groups in total. The SMILES string of the molecule is CC1CCC(CN)(N(C)CC2(N(C)C)CCC2)CC1C. The van der Waals surface area contributed by atoms with Crippen molar-refractivity contribution in [1.29, 1.82) is 0 Å². The van der Waals surface area contributed by atoms with E-state index < -0.39 is 0 Å². The molecule has 2 rings (SSSR count). The van der Waals surface area contributed by atoms with Crippen molar-refractivity contribution in [3.8, 4) is 0 Å². The standard InChI is InChI=1S/C17H35N3/c1-14-7-10-17(12-18,11-15(14)2)20(5)13-16(19(3)4)8-6-9-16/h14-15H,6-13,18H2,1-5H3. The van der Waals surface area contributed by atoms with E-state index in [9.17, 15) is 0 Å². The summed E-state index contributed by atoms with van der Waals surface area (Å²) in [6, 6.07) is 0. The summed E-state index contributed by atoms with van der Waals surface area (Å²) in [4.78, 5) is 5.07. The second-order valence-electron chi connectivity index (χ2n) is 7.95. The van der Waals surface area contributed by atoms with Crippen molar-refractivity contribution < 1.29 is 0 Å². The molecule has 20 heavy (non-hydrogen) atoms. The lowest BCUT2D eigenvalue weighted by Gasteiger charge is -2.55. The highest BCUT2D eigenvalue weighted by Gasteiger charge is 2.46. The number of nitrogens with two attached hydrogens (primary N) is 1. The third kappa shape index (κ3) is 2.77. The van der Waals surface area contributed by atoms with E-state index in [4.69, 9.17) is 5.73 Å². The number of hydrogen-bond donors (Lipinski definition) is 1. The number of nitrogens with zero attached hydrogens (tertiary/aromatic N) is 2. The molecule has 0 spiro atoms. The van der Waals surface area contributed by atoms with Crippen molar-refractivity contribution in [2.24, 2.45) is 17.6 Å². The maximum atomic E-state index is 6.25. The molecular weight excluding hydrogens is 246 g/mol. The second kappa shape index (κ2) is 5.94. The zero-order valence-electron chi connectivity index (χ0n) is 14.3. The zero-order valence-corrected chi connectivity index (χ0v) is 14.3. The van der Waals surface area contributed by atoms with Gasteiger partial charge in [-0.2, -0.15) is 0 Å². The van der Waals surface area contributed by atoms with Crippen LogP contribution in [0.25, 0.3) is 0 Å². The quantitative estimate of drug-likeness (QED) is 0.840. The van der Waals surface area contributed by atoms with E-state index in [1.807, 2.05) is 0 Å². The fourth-order valence-electron chi connectivity index (χ4n) is 4.31. The van der Waals surface area contributed by atoms with Crippen molar-refractivity contribution in [2.75, 3.05) is 34.2 Å². The van der Waals surface area contributed by atoms with Crippen LogP contribution in [0.3, 0.4) is 0 Å². The molecule has 3 nitrogen and oxygen atoms in total. The molecule has 2 fully saturated rings. The summed E-state index contributed by atoms with van der Waals surface area (Å²) in [5.41, 5.74) is 6.89. The third-order valence-corrected chi connectivity index (χ3v) is 6.69. The molecule has 3 unspecified atom stereocenters. The normalized spacial score (nSPS) is 37.2. The largest absolute Gasteiger partial charge is 0.329 e. The molecule has 0 aromatic carbocycles. The Kier molecular flexibility index (Phi) is 4.83. The van der Waals surface area contributed by atoms with E-state index in [-0.39, 0.29) is 5.54 Å². The third-order valence-electron chi connectivity index (χ3n) is 6.69. The molecule has 0 aliphatic heterocycles. The van der Waals surface area contributed by atoms with Gasteiger partial charge < -0.3 is 10.6 Å². The van der Waals surface area contributed by atoms with Crippen molar-refractivity contribution in [1.82, 2.24) is 9.80 Å². The smallest absolute Gasteiger partial charge is 0.0332 e. The van der Waals surface area contributed by atoms with Crippen LogP contribution in [0.4, 0.5) is 0 Å². The molecule has 0 amide bonds. The summed E-state index contributed by atoms with van der Waals surface area (Å²) in [6.07, 6.45) is 7.94. The number of hydrogen-bond acceptors (Lipinski definition) is 3. The van der Waals surface area contributed by atoms with E-state index in [0.717, 1.165) is 18.4 Å². The molecule has 2 aliphatic carbocycles. The van der Waals surface area contributed by atoms with Gasteiger partial charge >= 0.3 is 0 Å². The molecule has 3 heteroatoms. The van der Waals surface area contributed by atoms with Gasteiger partial charge in [0.15, 0.2) is 0 Å². The van der Waals surface area contributed by atoms with Crippen molar-refractivity contribution in [3.05, 3.63) is 0 Å². The number of likely N-dealkylation sites (N-methyl/N-ethyl adjacent to an activating group) is 2. The Morgan fingerprint density at radius 1 is 1.00 bits per heavy atom. The summed E-state index contributed by atoms with van der Waals surface area (Å²) in [6.45, 7) is 6.80.